The van der Waals surface area contributed by atoms with Gasteiger partial charge in [0.15, 0.2) is 0 Å². The van der Waals surface area contributed by atoms with Gasteiger partial charge in [-0.1, -0.05) is 23.5 Å². The van der Waals surface area contributed by atoms with Crippen molar-refractivity contribution in [3.05, 3.63) is 56.5 Å². The van der Waals surface area contributed by atoms with Gasteiger partial charge in [-0.05, 0) is 37.1 Å². The number of thiophene rings is 1. The van der Waals surface area contributed by atoms with Crippen LogP contribution in [0.3, 0.4) is 0 Å². The molecule has 0 saturated heterocycles. The highest BCUT2D eigenvalue weighted by atomic mass is 32.1. The lowest BCUT2D eigenvalue weighted by Gasteiger charge is -2.09. The number of nitro groups is 1. The molecule has 0 aliphatic heterocycles. The van der Waals surface area contributed by atoms with Gasteiger partial charge in [-0.3, -0.25) is 10.1 Å². The van der Waals surface area contributed by atoms with Crippen LogP contribution in [0.2, 0.25) is 0 Å². The summed E-state index contributed by atoms with van der Waals surface area (Å²) in [5.74, 6) is 0. The highest BCUT2D eigenvalue weighted by Crippen LogP contribution is 2.25. The Balaban J connectivity index is 2.06. The Morgan fingerprint density at radius 2 is 2.06 bits per heavy atom. The molecule has 0 fully saturated rings. The lowest BCUT2D eigenvalue weighted by Crippen LogP contribution is -1.99. The molecular weight excluding hydrogens is 248 g/mol. The molecule has 1 aromatic carbocycles. The molecule has 0 aliphatic rings. The number of aryl methyl sites for hydroxylation is 2. The van der Waals surface area contributed by atoms with Gasteiger partial charge in [-0.25, -0.2) is 0 Å². The van der Waals surface area contributed by atoms with Crippen molar-refractivity contribution in [2.45, 2.75) is 20.4 Å². The Kier molecular flexibility index (Phi) is 3.62. The zero-order chi connectivity index (χ0) is 13.1. The highest BCUT2D eigenvalue weighted by Gasteiger charge is 2.09. The molecular formula is C13H14N2O2S. The van der Waals surface area contributed by atoms with Gasteiger partial charge < -0.3 is 5.32 Å². The number of hydrogen-bond donors (Lipinski definition) is 1. The molecule has 0 radical (unpaired) electrons. The third-order valence-corrected chi connectivity index (χ3v) is 3.71. The van der Waals surface area contributed by atoms with Crippen LogP contribution in [0.1, 0.15) is 16.0 Å². The molecule has 0 amide bonds. The number of anilines is 1. The maximum absolute atomic E-state index is 10.6. The first-order valence-electron chi connectivity index (χ1n) is 5.60. The summed E-state index contributed by atoms with van der Waals surface area (Å²) in [6.07, 6.45) is 0. The van der Waals surface area contributed by atoms with Gasteiger partial charge in [-0.15, -0.1) is 0 Å². The minimum Gasteiger partial charge on any atom is -0.380 e. The summed E-state index contributed by atoms with van der Waals surface area (Å²) in [4.78, 5) is 11.2. The molecule has 0 bridgehead atoms. The topological polar surface area (TPSA) is 55.2 Å². The van der Waals surface area contributed by atoms with Crippen LogP contribution in [0, 0.1) is 24.0 Å². The molecule has 1 N–H and O–H groups in total. The fourth-order valence-electron chi connectivity index (χ4n) is 1.67. The first-order valence-corrected chi connectivity index (χ1v) is 6.42. The van der Waals surface area contributed by atoms with E-state index >= 15 is 0 Å². The van der Waals surface area contributed by atoms with Crippen LogP contribution in [0.15, 0.2) is 30.3 Å². The number of nitrogens with zero attached hydrogens (tertiary/aromatic N) is 1. The zero-order valence-corrected chi connectivity index (χ0v) is 11.1. The molecule has 94 valence electrons. The SMILES string of the molecule is Cc1ccc(C)c(NCc2ccc([N+](=O)[O-])s2)c1. The van der Waals surface area contributed by atoms with Crippen molar-refractivity contribution in [2.24, 2.45) is 0 Å². The Bertz CT molecular complexity index is 578. The van der Waals surface area contributed by atoms with Gasteiger partial charge in [-0.2, -0.15) is 0 Å². The van der Waals surface area contributed by atoms with Crippen molar-refractivity contribution in [2.75, 3.05) is 5.32 Å². The number of benzene rings is 1. The van der Waals surface area contributed by atoms with E-state index in [1.54, 1.807) is 12.1 Å². The van der Waals surface area contributed by atoms with E-state index in [-0.39, 0.29) is 9.92 Å². The van der Waals surface area contributed by atoms with Crippen molar-refractivity contribution >= 4 is 22.0 Å². The van der Waals surface area contributed by atoms with E-state index in [4.69, 9.17) is 0 Å². The van der Waals surface area contributed by atoms with E-state index in [2.05, 4.69) is 23.5 Å². The van der Waals surface area contributed by atoms with Crippen molar-refractivity contribution < 1.29 is 4.92 Å². The summed E-state index contributed by atoms with van der Waals surface area (Å²) in [7, 11) is 0. The second kappa shape index (κ2) is 5.18. The maximum atomic E-state index is 10.6. The fourth-order valence-corrected chi connectivity index (χ4v) is 2.43. The van der Waals surface area contributed by atoms with Gasteiger partial charge in [0.25, 0.3) is 0 Å². The molecule has 2 aromatic rings. The van der Waals surface area contributed by atoms with E-state index in [1.165, 1.54) is 22.5 Å². The summed E-state index contributed by atoms with van der Waals surface area (Å²) in [5, 5.41) is 14.1. The molecule has 1 heterocycles. The molecule has 2 rings (SSSR count). The molecule has 0 atom stereocenters. The average molecular weight is 262 g/mol. The monoisotopic (exact) mass is 262 g/mol. The van der Waals surface area contributed by atoms with Gasteiger partial charge in [0, 0.05) is 23.2 Å². The summed E-state index contributed by atoms with van der Waals surface area (Å²) in [6.45, 7) is 4.70. The number of rotatable bonds is 4. The maximum Gasteiger partial charge on any atom is 0.324 e. The molecule has 4 nitrogen and oxygen atoms in total. The number of hydrogen-bond acceptors (Lipinski definition) is 4. The third kappa shape index (κ3) is 2.87. The van der Waals surface area contributed by atoms with Crippen LogP contribution in [-0.4, -0.2) is 4.92 Å². The standard InChI is InChI=1S/C13H14N2O2S/c1-9-3-4-10(2)12(7-9)14-8-11-5-6-13(18-11)15(16)17/h3-7,14H,8H2,1-2H3. The fraction of sp³-hybridized carbons (Fsp3) is 0.231. The predicted octanol–water partition coefficient (Wildman–Crippen LogP) is 3.89. The quantitative estimate of drug-likeness (QED) is 0.672. The first-order chi connectivity index (χ1) is 8.56. The molecule has 0 saturated carbocycles. The van der Waals surface area contributed by atoms with Crippen LogP contribution >= 0.6 is 11.3 Å². The second-order valence-electron chi connectivity index (χ2n) is 4.17. The summed E-state index contributed by atoms with van der Waals surface area (Å²) >= 11 is 1.21. The van der Waals surface area contributed by atoms with Crippen molar-refractivity contribution in [3.8, 4) is 0 Å². The largest absolute Gasteiger partial charge is 0.380 e. The Morgan fingerprint density at radius 3 is 2.72 bits per heavy atom. The third-order valence-electron chi connectivity index (χ3n) is 2.67. The van der Waals surface area contributed by atoms with Gasteiger partial charge in [0.1, 0.15) is 0 Å². The van der Waals surface area contributed by atoms with Crippen molar-refractivity contribution in [1.29, 1.82) is 0 Å². The first kappa shape index (κ1) is 12.6. The van der Waals surface area contributed by atoms with E-state index in [0.29, 0.717) is 6.54 Å². The summed E-state index contributed by atoms with van der Waals surface area (Å²) < 4.78 is 0. The van der Waals surface area contributed by atoms with Crippen LogP contribution in [0.25, 0.3) is 0 Å². The van der Waals surface area contributed by atoms with E-state index in [1.807, 2.05) is 13.8 Å². The number of nitrogens with one attached hydrogen (secondary N) is 1. The molecule has 18 heavy (non-hydrogen) atoms. The minimum atomic E-state index is -0.355. The normalized spacial score (nSPS) is 10.3. The molecule has 1 aromatic heterocycles. The van der Waals surface area contributed by atoms with E-state index < -0.39 is 0 Å². The van der Waals surface area contributed by atoms with Gasteiger partial charge >= 0.3 is 5.00 Å². The average Bonchev–Trinajstić information content (AvgIpc) is 2.79. The van der Waals surface area contributed by atoms with E-state index in [0.717, 1.165) is 10.6 Å². The van der Waals surface area contributed by atoms with E-state index in [9.17, 15) is 10.1 Å². The Morgan fingerprint density at radius 1 is 1.28 bits per heavy atom. The smallest absolute Gasteiger partial charge is 0.324 e. The second-order valence-corrected chi connectivity index (χ2v) is 5.32. The summed E-state index contributed by atoms with van der Waals surface area (Å²) in [6, 6.07) is 9.55. The van der Waals surface area contributed by atoms with Gasteiger partial charge in [0.2, 0.25) is 0 Å². The lowest BCUT2D eigenvalue weighted by molar-refractivity contribution is -0.380. The Labute approximate surface area is 109 Å². The molecule has 5 heteroatoms. The van der Waals surface area contributed by atoms with Crippen molar-refractivity contribution in [3.63, 3.8) is 0 Å². The van der Waals surface area contributed by atoms with Crippen molar-refractivity contribution in [1.82, 2.24) is 0 Å². The summed E-state index contributed by atoms with van der Waals surface area (Å²) in [5.41, 5.74) is 3.44. The van der Waals surface area contributed by atoms with Crippen LogP contribution in [-0.2, 0) is 6.54 Å². The lowest BCUT2D eigenvalue weighted by atomic mass is 10.1. The molecule has 0 unspecified atom stereocenters. The van der Waals surface area contributed by atoms with Crippen LogP contribution < -0.4 is 5.32 Å². The predicted molar refractivity (Wildman–Crippen MR) is 74.2 cm³/mol. The zero-order valence-electron chi connectivity index (χ0n) is 10.3. The highest BCUT2D eigenvalue weighted by molar-refractivity contribution is 7.15. The molecule has 0 aliphatic carbocycles. The van der Waals surface area contributed by atoms with Gasteiger partial charge in [0.05, 0.1) is 4.92 Å². The van der Waals surface area contributed by atoms with Crippen LogP contribution in [0.5, 0.6) is 0 Å². The molecule has 0 spiro atoms. The van der Waals surface area contributed by atoms with Crippen LogP contribution in [0.4, 0.5) is 10.7 Å². The minimum absolute atomic E-state index is 0.188. The Hall–Kier alpha value is -1.88.